The first-order chi connectivity index (χ1) is 11.6. The van der Waals surface area contributed by atoms with Crippen molar-refractivity contribution in [3.63, 3.8) is 0 Å². The summed E-state index contributed by atoms with van der Waals surface area (Å²) in [5.74, 6) is 0. The summed E-state index contributed by atoms with van der Waals surface area (Å²) < 4.78 is 0. The molecule has 0 atom stereocenters. The third-order valence-corrected chi connectivity index (χ3v) is 4.50. The Hall–Kier alpha value is -2.37. The van der Waals surface area contributed by atoms with Gasteiger partial charge in [0, 0.05) is 0 Å². The zero-order chi connectivity index (χ0) is 16.8. The number of benzene rings is 4. The van der Waals surface area contributed by atoms with Crippen LogP contribution in [-0.4, -0.2) is 34.3 Å². The van der Waals surface area contributed by atoms with Crippen molar-refractivity contribution in [1.29, 1.82) is 0 Å². The lowest BCUT2D eigenvalue weighted by Crippen LogP contribution is -2.32. The van der Waals surface area contributed by atoms with E-state index in [4.69, 9.17) is 0 Å². The van der Waals surface area contributed by atoms with E-state index in [1.54, 1.807) is 12.1 Å². The maximum absolute atomic E-state index is 9.77. The second-order valence-electron chi connectivity index (χ2n) is 5.87. The first-order valence-corrected chi connectivity index (χ1v) is 7.67. The van der Waals surface area contributed by atoms with Crippen LogP contribution in [0.3, 0.4) is 0 Å². The highest BCUT2D eigenvalue weighted by molar-refractivity contribution is 6.64. The summed E-state index contributed by atoms with van der Waals surface area (Å²) in [6.45, 7) is 0. The van der Waals surface area contributed by atoms with Crippen molar-refractivity contribution in [3.05, 3.63) is 60.7 Å². The summed E-state index contributed by atoms with van der Waals surface area (Å²) in [6.07, 6.45) is 0. The van der Waals surface area contributed by atoms with Crippen LogP contribution in [-0.2, 0) is 0 Å². The van der Waals surface area contributed by atoms with E-state index in [2.05, 4.69) is 0 Å². The van der Waals surface area contributed by atoms with E-state index in [0.717, 1.165) is 32.3 Å². The summed E-state index contributed by atoms with van der Waals surface area (Å²) in [4.78, 5) is 0. The van der Waals surface area contributed by atoms with Crippen LogP contribution in [0.25, 0.3) is 32.3 Å². The molecule has 0 aliphatic carbocycles. The number of fused-ring (bicyclic) bond motifs is 5. The Morgan fingerprint density at radius 2 is 0.792 bits per heavy atom. The van der Waals surface area contributed by atoms with Gasteiger partial charge in [-0.3, -0.25) is 0 Å². The van der Waals surface area contributed by atoms with E-state index >= 15 is 0 Å². The van der Waals surface area contributed by atoms with E-state index in [1.807, 2.05) is 48.5 Å². The zero-order valence-corrected chi connectivity index (χ0v) is 12.7. The Morgan fingerprint density at radius 1 is 0.458 bits per heavy atom. The van der Waals surface area contributed by atoms with Crippen molar-refractivity contribution in [2.45, 2.75) is 0 Å². The molecule has 4 aromatic carbocycles. The SMILES string of the molecule is OB(O)c1cc2c3ccccc3c(B(O)O)cc2c2ccccc12. The lowest BCUT2D eigenvalue weighted by atomic mass is 9.72. The van der Waals surface area contributed by atoms with Gasteiger partial charge in [-0.25, -0.2) is 0 Å². The van der Waals surface area contributed by atoms with Crippen molar-refractivity contribution in [1.82, 2.24) is 0 Å². The third-order valence-electron chi connectivity index (χ3n) is 4.50. The van der Waals surface area contributed by atoms with Crippen LogP contribution in [0.2, 0.25) is 0 Å². The Kier molecular flexibility index (Phi) is 3.55. The summed E-state index contributed by atoms with van der Waals surface area (Å²) in [6, 6.07) is 18.4. The molecule has 0 unspecified atom stereocenters. The fourth-order valence-corrected chi connectivity index (χ4v) is 3.43. The monoisotopic (exact) mass is 316 g/mol. The van der Waals surface area contributed by atoms with Gasteiger partial charge in [-0.1, -0.05) is 60.7 Å². The van der Waals surface area contributed by atoms with Gasteiger partial charge in [-0.15, -0.1) is 0 Å². The molecule has 0 spiro atoms. The van der Waals surface area contributed by atoms with Crippen molar-refractivity contribution < 1.29 is 20.1 Å². The Balaban J connectivity index is 2.30. The third kappa shape index (κ3) is 2.20. The van der Waals surface area contributed by atoms with Crippen LogP contribution in [0.5, 0.6) is 0 Å². The van der Waals surface area contributed by atoms with E-state index < -0.39 is 14.2 Å². The van der Waals surface area contributed by atoms with Gasteiger partial charge in [0.1, 0.15) is 0 Å². The van der Waals surface area contributed by atoms with Crippen molar-refractivity contribution in [3.8, 4) is 0 Å². The highest BCUT2D eigenvalue weighted by Crippen LogP contribution is 2.29. The minimum atomic E-state index is -1.58. The molecule has 0 radical (unpaired) electrons. The van der Waals surface area contributed by atoms with Crippen molar-refractivity contribution in [2.75, 3.05) is 0 Å². The zero-order valence-electron chi connectivity index (χ0n) is 12.7. The van der Waals surface area contributed by atoms with Gasteiger partial charge in [-0.2, -0.15) is 0 Å². The Bertz CT molecular complexity index is 990. The number of hydrogen-bond donors (Lipinski definition) is 4. The molecule has 0 saturated heterocycles. The van der Waals surface area contributed by atoms with E-state index in [9.17, 15) is 20.1 Å². The molecule has 0 saturated carbocycles. The molecular formula is C18H14B2O4. The molecule has 0 aliphatic rings. The molecule has 0 aromatic heterocycles. The fraction of sp³-hybridized carbons (Fsp3) is 0. The molecule has 0 fully saturated rings. The van der Waals surface area contributed by atoms with Crippen LogP contribution in [0.15, 0.2) is 60.7 Å². The van der Waals surface area contributed by atoms with Gasteiger partial charge in [0.2, 0.25) is 0 Å². The smallest absolute Gasteiger partial charge is 0.423 e. The van der Waals surface area contributed by atoms with Gasteiger partial charge in [-0.05, 0) is 43.2 Å². The maximum atomic E-state index is 9.77. The lowest BCUT2D eigenvalue weighted by molar-refractivity contribution is 0.425. The summed E-state index contributed by atoms with van der Waals surface area (Å²) in [7, 11) is -3.16. The normalized spacial score (nSPS) is 11.3. The molecule has 0 aliphatic heterocycles. The van der Waals surface area contributed by atoms with Crippen LogP contribution < -0.4 is 10.9 Å². The summed E-state index contributed by atoms with van der Waals surface area (Å²) >= 11 is 0. The Morgan fingerprint density at radius 3 is 1.12 bits per heavy atom. The van der Waals surface area contributed by atoms with Gasteiger partial charge in [0.25, 0.3) is 0 Å². The quantitative estimate of drug-likeness (QED) is 0.321. The molecule has 0 heterocycles. The lowest BCUT2D eigenvalue weighted by Gasteiger charge is -2.15. The summed E-state index contributed by atoms with van der Waals surface area (Å²) in [5.41, 5.74) is 0.862. The molecule has 4 nitrogen and oxygen atoms in total. The minimum absolute atomic E-state index is 0.431. The number of rotatable bonds is 2. The average Bonchev–Trinajstić information content (AvgIpc) is 2.59. The highest BCUT2D eigenvalue weighted by Gasteiger charge is 2.21. The van der Waals surface area contributed by atoms with Crippen molar-refractivity contribution in [2.24, 2.45) is 0 Å². The Labute approximate surface area is 138 Å². The molecule has 4 aromatic rings. The van der Waals surface area contributed by atoms with Gasteiger partial charge < -0.3 is 20.1 Å². The minimum Gasteiger partial charge on any atom is -0.423 e. The largest absolute Gasteiger partial charge is 0.489 e. The highest BCUT2D eigenvalue weighted by atomic mass is 16.4. The van der Waals surface area contributed by atoms with Crippen molar-refractivity contribution >= 4 is 57.5 Å². The second kappa shape index (κ2) is 5.61. The molecule has 4 N–H and O–H groups in total. The van der Waals surface area contributed by atoms with Crippen LogP contribution in [0.1, 0.15) is 0 Å². The van der Waals surface area contributed by atoms with Crippen LogP contribution >= 0.6 is 0 Å². The first-order valence-electron chi connectivity index (χ1n) is 7.67. The molecule has 116 valence electrons. The van der Waals surface area contributed by atoms with Gasteiger partial charge in [0.15, 0.2) is 0 Å². The molecule has 0 bridgehead atoms. The topological polar surface area (TPSA) is 80.9 Å². The fourth-order valence-electron chi connectivity index (χ4n) is 3.43. The molecule has 6 heteroatoms. The standard InChI is InChI=1S/C18H14B2O4/c21-19(22)17-10-16-12-6-2-4-8-14(12)18(20(23)24)9-15(16)11-5-1-3-7-13(11)17/h1-10,21-24H. The van der Waals surface area contributed by atoms with Crippen LogP contribution in [0, 0.1) is 0 Å². The molecule has 0 amide bonds. The van der Waals surface area contributed by atoms with Crippen LogP contribution in [0.4, 0.5) is 0 Å². The molecular weight excluding hydrogens is 302 g/mol. The predicted molar refractivity (Wildman–Crippen MR) is 98.6 cm³/mol. The summed E-state index contributed by atoms with van der Waals surface area (Å²) in [5, 5.41) is 43.9. The molecule has 24 heavy (non-hydrogen) atoms. The van der Waals surface area contributed by atoms with E-state index in [1.165, 1.54) is 0 Å². The first kappa shape index (κ1) is 15.2. The second-order valence-corrected chi connectivity index (χ2v) is 5.87. The number of hydrogen-bond acceptors (Lipinski definition) is 4. The van der Waals surface area contributed by atoms with Gasteiger partial charge >= 0.3 is 14.2 Å². The van der Waals surface area contributed by atoms with E-state index in [-0.39, 0.29) is 0 Å². The predicted octanol–water partition coefficient (Wildman–Crippen LogP) is 0.506. The molecule has 4 rings (SSSR count). The average molecular weight is 316 g/mol. The maximum Gasteiger partial charge on any atom is 0.489 e. The van der Waals surface area contributed by atoms with Gasteiger partial charge in [0.05, 0.1) is 0 Å². The van der Waals surface area contributed by atoms with E-state index in [0.29, 0.717) is 10.9 Å².